The van der Waals surface area contributed by atoms with Crippen LogP contribution in [-0.2, 0) is 9.53 Å². The molecule has 0 aliphatic heterocycles. The Morgan fingerprint density at radius 3 is 2.75 bits per heavy atom. The molecule has 2 rings (SSSR count). The molecule has 1 fully saturated rings. The zero-order chi connectivity index (χ0) is 17.7. The predicted octanol–water partition coefficient (Wildman–Crippen LogP) is 2.00. The minimum absolute atomic E-state index is 0.0590. The van der Waals surface area contributed by atoms with Crippen molar-refractivity contribution < 1.29 is 19.4 Å². The lowest BCUT2D eigenvalue weighted by atomic mass is 9.85. The monoisotopic (exact) mass is 335 g/mol. The number of rotatable bonds is 8. The van der Waals surface area contributed by atoms with E-state index in [9.17, 15) is 9.59 Å². The number of carbonyl (C=O) groups excluding carboxylic acids is 1. The topological polar surface area (TPSA) is 91.8 Å². The zero-order valence-electron chi connectivity index (χ0n) is 14.4. The Hall–Kier alpha value is -2.15. The van der Waals surface area contributed by atoms with Crippen LogP contribution in [0.4, 0.5) is 5.82 Å². The second kappa shape index (κ2) is 8.10. The van der Waals surface area contributed by atoms with Gasteiger partial charge in [-0.15, -0.1) is 0 Å². The van der Waals surface area contributed by atoms with Crippen LogP contribution >= 0.6 is 0 Å². The number of carbonyl (C=O) groups is 2. The molecule has 1 aliphatic carbocycles. The van der Waals surface area contributed by atoms with Crippen molar-refractivity contribution in [1.82, 2.24) is 9.88 Å². The van der Waals surface area contributed by atoms with Crippen LogP contribution in [-0.4, -0.2) is 58.2 Å². The Bertz CT molecular complexity index is 585. The molecule has 0 bridgehead atoms. The number of aromatic nitrogens is 1. The van der Waals surface area contributed by atoms with Crippen molar-refractivity contribution in [3.63, 3.8) is 0 Å². The van der Waals surface area contributed by atoms with Crippen LogP contribution in [0.3, 0.4) is 0 Å². The lowest BCUT2D eigenvalue weighted by molar-refractivity contribution is -0.139. The van der Waals surface area contributed by atoms with Gasteiger partial charge in [-0.25, -0.2) is 9.78 Å². The van der Waals surface area contributed by atoms with Gasteiger partial charge in [-0.3, -0.25) is 9.69 Å². The van der Waals surface area contributed by atoms with E-state index < -0.39 is 11.9 Å². The van der Waals surface area contributed by atoms with Crippen LogP contribution in [0.2, 0.25) is 0 Å². The number of pyridine rings is 1. The lowest BCUT2D eigenvalue weighted by Gasteiger charge is -2.42. The average molecular weight is 335 g/mol. The minimum Gasteiger partial charge on any atom is -0.480 e. The molecule has 0 spiro atoms. The molecule has 7 heteroatoms. The molecule has 0 atom stereocenters. The van der Waals surface area contributed by atoms with Crippen molar-refractivity contribution in [3.8, 4) is 0 Å². The maximum Gasteiger partial charge on any atom is 0.342 e. The van der Waals surface area contributed by atoms with Crippen molar-refractivity contribution in [1.29, 1.82) is 0 Å². The molecule has 1 aliphatic rings. The number of aliphatic carboxylic acids is 1. The van der Waals surface area contributed by atoms with Gasteiger partial charge in [0.1, 0.15) is 11.4 Å². The van der Waals surface area contributed by atoms with E-state index in [1.807, 2.05) is 11.8 Å². The summed E-state index contributed by atoms with van der Waals surface area (Å²) in [7, 11) is 0. The highest BCUT2D eigenvalue weighted by molar-refractivity contribution is 5.94. The summed E-state index contributed by atoms with van der Waals surface area (Å²) in [5.74, 6) is -0.679. The fourth-order valence-electron chi connectivity index (χ4n) is 2.83. The number of nitrogens with one attached hydrogen (secondary N) is 1. The van der Waals surface area contributed by atoms with Gasteiger partial charge >= 0.3 is 11.9 Å². The quantitative estimate of drug-likeness (QED) is 0.702. The molecule has 0 radical (unpaired) electrons. The van der Waals surface area contributed by atoms with Crippen LogP contribution in [0.1, 0.15) is 44.0 Å². The smallest absolute Gasteiger partial charge is 0.342 e. The second-order valence-corrected chi connectivity index (χ2v) is 6.28. The van der Waals surface area contributed by atoms with Crippen LogP contribution < -0.4 is 5.32 Å². The molecule has 2 N–H and O–H groups in total. The average Bonchev–Trinajstić information content (AvgIpc) is 2.48. The van der Waals surface area contributed by atoms with Gasteiger partial charge in [0.15, 0.2) is 0 Å². The Balaban J connectivity index is 1.94. The number of ether oxygens (including phenoxy) is 1. The molecule has 1 aromatic rings. The van der Waals surface area contributed by atoms with Crippen molar-refractivity contribution in [2.24, 2.45) is 0 Å². The third kappa shape index (κ3) is 4.67. The number of carboxylic acid groups (broad SMARTS) is 1. The van der Waals surface area contributed by atoms with Gasteiger partial charge in [0.2, 0.25) is 0 Å². The summed E-state index contributed by atoms with van der Waals surface area (Å²) in [5.41, 5.74) is 0.424. The number of carboxylic acids is 1. The standard InChI is InChI=1S/C17H25N3O4/c1-4-20(10-15(21)22)13-8-12(9-13)19-16-14(6-5-7-18-16)17(23)24-11(2)3/h5-7,11-13H,4,8-10H2,1-3H3,(H,18,19)(H,21,22). The summed E-state index contributed by atoms with van der Waals surface area (Å²) in [6.07, 6.45) is 3.10. The van der Waals surface area contributed by atoms with E-state index in [1.165, 1.54) is 0 Å². The van der Waals surface area contributed by atoms with Gasteiger partial charge in [-0.05, 0) is 45.4 Å². The number of esters is 1. The van der Waals surface area contributed by atoms with Gasteiger partial charge in [0, 0.05) is 18.3 Å². The third-order valence-corrected chi connectivity index (χ3v) is 4.09. The van der Waals surface area contributed by atoms with Crippen molar-refractivity contribution in [3.05, 3.63) is 23.9 Å². The zero-order valence-corrected chi connectivity index (χ0v) is 14.4. The van der Waals surface area contributed by atoms with Gasteiger partial charge < -0.3 is 15.2 Å². The van der Waals surface area contributed by atoms with Crippen molar-refractivity contribution in [2.45, 2.75) is 51.8 Å². The number of likely N-dealkylation sites (N-methyl/N-ethyl adjacent to an activating group) is 1. The molecule has 0 amide bonds. The number of nitrogens with zero attached hydrogens (tertiary/aromatic N) is 2. The van der Waals surface area contributed by atoms with Crippen molar-refractivity contribution in [2.75, 3.05) is 18.4 Å². The predicted molar refractivity (Wildman–Crippen MR) is 90.1 cm³/mol. The van der Waals surface area contributed by atoms with E-state index in [4.69, 9.17) is 9.84 Å². The Morgan fingerprint density at radius 1 is 1.46 bits per heavy atom. The summed E-state index contributed by atoms with van der Waals surface area (Å²) in [6.45, 7) is 6.34. The first-order valence-electron chi connectivity index (χ1n) is 8.29. The van der Waals surface area contributed by atoms with Gasteiger partial charge in [0.05, 0.1) is 12.6 Å². The SMILES string of the molecule is CCN(CC(=O)O)C1CC(Nc2ncccc2C(=O)OC(C)C)C1. The molecule has 132 valence electrons. The Morgan fingerprint density at radius 2 is 2.17 bits per heavy atom. The summed E-state index contributed by atoms with van der Waals surface area (Å²) in [4.78, 5) is 29.2. The van der Waals surface area contributed by atoms with Crippen LogP contribution in [0.5, 0.6) is 0 Å². The molecule has 24 heavy (non-hydrogen) atoms. The van der Waals surface area contributed by atoms with Crippen molar-refractivity contribution >= 4 is 17.8 Å². The maximum atomic E-state index is 12.1. The summed E-state index contributed by atoms with van der Waals surface area (Å²) < 4.78 is 5.24. The molecular formula is C17H25N3O4. The largest absolute Gasteiger partial charge is 0.480 e. The highest BCUT2D eigenvalue weighted by Gasteiger charge is 2.34. The Kier molecular flexibility index (Phi) is 6.14. The van der Waals surface area contributed by atoms with E-state index in [0.717, 1.165) is 12.8 Å². The van der Waals surface area contributed by atoms with Crippen LogP contribution in [0.25, 0.3) is 0 Å². The van der Waals surface area contributed by atoms with E-state index in [1.54, 1.807) is 32.2 Å². The lowest BCUT2D eigenvalue weighted by Crippen LogP contribution is -2.51. The molecule has 0 unspecified atom stereocenters. The molecule has 1 saturated carbocycles. The summed E-state index contributed by atoms with van der Waals surface area (Å²) >= 11 is 0. The normalized spacial score (nSPS) is 19.9. The fourth-order valence-corrected chi connectivity index (χ4v) is 2.83. The minimum atomic E-state index is -0.809. The molecule has 1 heterocycles. The van der Waals surface area contributed by atoms with E-state index in [-0.39, 0.29) is 24.7 Å². The summed E-state index contributed by atoms with van der Waals surface area (Å²) in [6, 6.07) is 3.83. The summed E-state index contributed by atoms with van der Waals surface area (Å²) in [5, 5.41) is 12.2. The molecule has 1 aromatic heterocycles. The van der Waals surface area contributed by atoms with E-state index in [0.29, 0.717) is 17.9 Å². The van der Waals surface area contributed by atoms with E-state index >= 15 is 0 Å². The fraction of sp³-hybridized carbons (Fsp3) is 0.588. The molecule has 0 aromatic carbocycles. The van der Waals surface area contributed by atoms with Gasteiger partial charge in [-0.1, -0.05) is 6.92 Å². The first-order chi connectivity index (χ1) is 11.4. The molecular weight excluding hydrogens is 310 g/mol. The van der Waals surface area contributed by atoms with Gasteiger partial charge in [0.25, 0.3) is 0 Å². The Labute approximate surface area is 142 Å². The number of hydrogen-bond acceptors (Lipinski definition) is 6. The van der Waals surface area contributed by atoms with Gasteiger partial charge in [-0.2, -0.15) is 0 Å². The van der Waals surface area contributed by atoms with E-state index in [2.05, 4.69) is 10.3 Å². The second-order valence-electron chi connectivity index (χ2n) is 6.28. The first-order valence-corrected chi connectivity index (χ1v) is 8.29. The number of hydrogen-bond donors (Lipinski definition) is 2. The molecule has 0 saturated heterocycles. The first kappa shape index (κ1) is 18.2. The van der Waals surface area contributed by atoms with Crippen LogP contribution in [0.15, 0.2) is 18.3 Å². The molecule has 7 nitrogen and oxygen atoms in total. The van der Waals surface area contributed by atoms with Crippen LogP contribution in [0, 0.1) is 0 Å². The maximum absolute atomic E-state index is 12.1. The highest BCUT2D eigenvalue weighted by atomic mass is 16.5. The third-order valence-electron chi connectivity index (χ3n) is 4.09. The number of anilines is 1. The highest BCUT2D eigenvalue weighted by Crippen LogP contribution is 2.29.